The van der Waals surface area contributed by atoms with E-state index >= 15 is 0 Å². The van der Waals surface area contributed by atoms with E-state index in [1.165, 1.54) is 17.1 Å². The number of nitrogens with two attached hydrogens (primary N) is 1. The van der Waals surface area contributed by atoms with Crippen LogP contribution in [-0.4, -0.2) is 19.4 Å². The zero-order valence-electron chi connectivity index (χ0n) is 8.50. The first-order valence-corrected chi connectivity index (χ1v) is 5.59. The van der Waals surface area contributed by atoms with Crippen molar-refractivity contribution in [2.75, 3.05) is 0 Å². The van der Waals surface area contributed by atoms with Crippen molar-refractivity contribution < 1.29 is 0 Å². The van der Waals surface area contributed by atoms with Gasteiger partial charge in [-0.1, -0.05) is 4.49 Å². The lowest BCUT2D eigenvalue weighted by Crippen LogP contribution is -2.11. The molecule has 15 heavy (non-hydrogen) atoms. The van der Waals surface area contributed by atoms with E-state index in [9.17, 15) is 0 Å². The van der Waals surface area contributed by atoms with Crippen molar-refractivity contribution >= 4 is 11.5 Å². The van der Waals surface area contributed by atoms with Gasteiger partial charge < -0.3 is 5.73 Å². The first-order chi connectivity index (χ1) is 7.25. The van der Waals surface area contributed by atoms with Gasteiger partial charge in [0.05, 0.1) is 17.9 Å². The third kappa shape index (κ3) is 2.60. The van der Waals surface area contributed by atoms with Crippen LogP contribution in [0.4, 0.5) is 0 Å². The fraction of sp³-hybridized carbons (Fsp3) is 0.444. The van der Waals surface area contributed by atoms with Gasteiger partial charge in [-0.15, -0.1) is 5.10 Å². The van der Waals surface area contributed by atoms with Gasteiger partial charge in [-0.05, 0) is 29.9 Å². The van der Waals surface area contributed by atoms with Crippen molar-refractivity contribution in [2.45, 2.75) is 18.9 Å². The molecule has 0 aliphatic carbocycles. The van der Waals surface area contributed by atoms with Crippen LogP contribution in [0.1, 0.15) is 23.7 Å². The standard InChI is InChI=1S/C9H13N5S/c1-14-5-7(4-11-14)2-3-8(10)9-6-15-13-12-9/h4-6,8H,2-3,10H2,1H3. The van der Waals surface area contributed by atoms with Crippen molar-refractivity contribution in [1.29, 1.82) is 0 Å². The minimum absolute atomic E-state index is 0.0241. The van der Waals surface area contributed by atoms with Crippen LogP contribution in [0, 0.1) is 0 Å². The van der Waals surface area contributed by atoms with Crippen molar-refractivity contribution in [1.82, 2.24) is 19.4 Å². The zero-order chi connectivity index (χ0) is 10.7. The van der Waals surface area contributed by atoms with Gasteiger partial charge in [0.15, 0.2) is 0 Å². The predicted molar refractivity (Wildman–Crippen MR) is 58.4 cm³/mol. The van der Waals surface area contributed by atoms with Gasteiger partial charge in [0, 0.05) is 18.6 Å². The molecule has 0 saturated heterocycles. The van der Waals surface area contributed by atoms with Crippen molar-refractivity contribution in [3.05, 3.63) is 29.0 Å². The lowest BCUT2D eigenvalue weighted by molar-refractivity contribution is 0.630. The molecule has 2 rings (SSSR count). The van der Waals surface area contributed by atoms with Crippen LogP contribution < -0.4 is 5.73 Å². The Morgan fingerprint density at radius 3 is 3.07 bits per heavy atom. The molecule has 5 nitrogen and oxygen atoms in total. The summed E-state index contributed by atoms with van der Waals surface area (Å²) >= 11 is 1.34. The van der Waals surface area contributed by atoms with Crippen molar-refractivity contribution in [3.8, 4) is 0 Å². The highest BCUT2D eigenvalue weighted by atomic mass is 32.1. The van der Waals surface area contributed by atoms with Gasteiger partial charge in [-0.25, -0.2) is 0 Å². The molecule has 0 aliphatic heterocycles. The Hall–Kier alpha value is -1.27. The molecular formula is C9H13N5S. The van der Waals surface area contributed by atoms with E-state index < -0.39 is 0 Å². The molecule has 0 amide bonds. The van der Waals surface area contributed by atoms with Crippen molar-refractivity contribution in [3.63, 3.8) is 0 Å². The maximum absolute atomic E-state index is 5.97. The van der Waals surface area contributed by atoms with Crippen LogP contribution in [0.5, 0.6) is 0 Å². The quantitative estimate of drug-likeness (QED) is 0.836. The number of aryl methyl sites for hydroxylation is 2. The number of nitrogens with zero attached hydrogens (tertiary/aromatic N) is 4. The highest BCUT2D eigenvalue weighted by molar-refractivity contribution is 7.03. The first-order valence-electron chi connectivity index (χ1n) is 4.76. The van der Waals surface area contributed by atoms with Crippen LogP contribution in [-0.2, 0) is 13.5 Å². The van der Waals surface area contributed by atoms with E-state index in [2.05, 4.69) is 14.7 Å². The smallest absolute Gasteiger partial charge is 0.0922 e. The summed E-state index contributed by atoms with van der Waals surface area (Å²) in [7, 11) is 1.91. The number of hydrogen-bond donors (Lipinski definition) is 1. The molecule has 0 radical (unpaired) electrons. The molecule has 0 spiro atoms. The van der Waals surface area contributed by atoms with Gasteiger partial charge in [0.25, 0.3) is 0 Å². The molecule has 0 aliphatic rings. The summed E-state index contributed by atoms with van der Waals surface area (Å²) in [5.41, 5.74) is 8.05. The summed E-state index contributed by atoms with van der Waals surface area (Å²) in [5, 5.41) is 9.96. The number of hydrogen-bond acceptors (Lipinski definition) is 5. The lowest BCUT2D eigenvalue weighted by atomic mass is 10.1. The molecule has 6 heteroatoms. The molecule has 0 fully saturated rings. The molecule has 2 heterocycles. The summed E-state index contributed by atoms with van der Waals surface area (Å²) < 4.78 is 5.59. The van der Waals surface area contributed by atoms with Gasteiger partial charge >= 0.3 is 0 Å². The van der Waals surface area contributed by atoms with E-state index in [1.807, 2.05) is 24.8 Å². The molecule has 1 atom stereocenters. The van der Waals surface area contributed by atoms with E-state index in [0.717, 1.165) is 18.5 Å². The van der Waals surface area contributed by atoms with Crippen molar-refractivity contribution in [2.24, 2.45) is 12.8 Å². The Bertz CT molecular complexity index is 408. The summed E-state index contributed by atoms with van der Waals surface area (Å²) in [6.45, 7) is 0. The average molecular weight is 223 g/mol. The molecule has 2 aromatic heterocycles. The molecule has 2 N–H and O–H groups in total. The molecule has 0 saturated carbocycles. The fourth-order valence-electron chi connectivity index (χ4n) is 1.40. The minimum atomic E-state index is -0.0241. The second-order valence-corrected chi connectivity index (χ2v) is 4.11. The Morgan fingerprint density at radius 2 is 2.47 bits per heavy atom. The summed E-state index contributed by atoms with van der Waals surface area (Å²) in [6.07, 6.45) is 5.67. The Balaban J connectivity index is 1.88. The molecule has 0 aromatic carbocycles. The van der Waals surface area contributed by atoms with Crippen LogP contribution >= 0.6 is 11.5 Å². The summed E-state index contributed by atoms with van der Waals surface area (Å²) in [6, 6.07) is -0.0241. The average Bonchev–Trinajstić information content (AvgIpc) is 2.84. The minimum Gasteiger partial charge on any atom is -0.323 e. The molecule has 0 bridgehead atoms. The van der Waals surface area contributed by atoms with Crippen LogP contribution in [0.25, 0.3) is 0 Å². The van der Waals surface area contributed by atoms with E-state index in [4.69, 9.17) is 5.73 Å². The Kier molecular flexibility index (Phi) is 3.08. The predicted octanol–water partition coefficient (Wildman–Crippen LogP) is 0.904. The van der Waals surface area contributed by atoms with Crippen LogP contribution in [0.2, 0.25) is 0 Å². The topological polar surface area (TPSA) is 69.6 Å². The second-order valence-electron chi connectivity index (χ2n) is 3.50. The number of rotatable bonds is 4. The van der Waals surface area contributed by atoms with Gasteiger partial charge in [0.2, 0.25) is 0 Å². The Morgan fingerprint density at radius 1 is 1.60 bits per heavy atom. The third-order valence-corrected chi connectivity index (χ3v) is 2.78. The molecule has 1 unspecified atom stereocenters. The van der Waals surface area contributed by atoms with E-state index in [1.54, 1.807) is 4.68 Å². The summed E-state index contributed by atoms with van der Waals surface area (Å²) in [5.74, 6) is 0. The highest BCUT2D eigenvalue weighted by Gasteiger charge is 2.09. The maximum atomic E-state index is 5.97. The van der Waals surface area contributed by atoms with E-state index in [-0.39, 0.29) is 6.04 Å². The zero-order valence-corrected chi connectivity index (χ0v) is 9.31. The largest absolute Gasteiger partial charge is 0.323 e. The maximum Gasteiger partial charge on any atom is 0.0922 e. The molecule has 2 aromatic rings. The molecular weight excluding hydrogens is 210 g/mol. The lowest BCUT2D eigenvalue weighted by Gasteiger charge is -2.05. The first kappa shape index (κ1) is 10.3. The normalized spacial score (nSPS) is 12.9. The van der Waals surface area contributed by atoms with Gasteiger partial charge in [-0.2, -0.15) is 5.10 Å². The van der Waals surface area contributed by atoms with Crippen LogP contribution in [0.15, 0.2) is 17.8 Å². The Labute approximate surface area is 92.1 Å². The van der Waals surface area contributed by atoms with Gasteiger partial charge in [-0.3, -0.25) is 4.68 Å². The third-order valence-electron chi connectivity index (χ3n) is 2.26. The molecule has 80 valence electrons. The van der Waals surface area contributed by atoms with E-state index in [0.29, 0.717) is 0 Å². The fourth-order valence-corrected chi connectivity index (χ4v) is 1.92. The number of aromatic nitrogens is 4. The van der Waals surface area contributed by atoms with Gasteiger partial charge in [0.1, 0.15) is 0 Å². The monoisotopic (exact) mass is 223 g/mol. The second kappa shape index (κ2) is 4.50. The highest BCUT2D eigenvalue weighted by Crippen LogP contribution is 2.14. The summed E-state index contributed by atoms with van der Waals surface area (Å²) in [4.78, 5) is 0. The SMILES string of the molecule is Cn1cc(CCC(N)c2csnn2)cn1. The van der Waals surface area contributed by atoms with Crippen LogP contribution in [0.3, 0.4) is 0 Å².